The summed E-state index contributed by atoms with van der Waals surface area (Å²) >= 11 is 5.75. The molecule has 0 aliphatic carbocycles. The Bertz CT molecular complexity index is 649. The monoisotopic (exact) mass is 301 g/mol. The zero-order valence-corrected chi connectivity index (χ0v) is 11.2. The average Bonchev–Trinajstić information content (AvgIpc) is 2.78. The summed E-state index contributed by atoms with van der Waals surface area (Å²) in [5.41, 5.74) is 0.270. The van der Waals surface area contributed by atoms with Crippen molar-refractivity contribution in [2.24, 2.45) is 0 Å². The van der Waals surface area contributed by atoms with Crippen molar-refractivity contribution in [3.05, 3.63) is 34.9 Å². The SMILES string of the molecule is FC(F)(F)c1cc2n(c1-c1cncc(Cl)n1)CCCC2. The van der Waals surface area contributed by atoms with Crippen molar-refractivity contribution < 1.29 is 13.2 Å². The molecule has 0 saturated carbocycles. The van der Waals surface area contributed by atoms with Crippen LogP contribution in [0.15, 0.2) is 18.5 Å². The van der Waals surface area contributed by atoms with Gasteiger partial charge >= 0.3 is 6.18 Å². The summed E-state index contributed by atoms with van der Waals surface area (Å²) in [6, 6.07) is 1.22. The molecule has 0 bridgehead atoms. The van der Waals surface area contributed by atoms with Crippen LogP contribution in [0.25, 0.3) is 11.4 Å². The van der Waals surface area contributed by atoms with Crippen molar-refractivity contribution in [3.63, 3.8) is 0 Å². The molecular formula is C13H11ClF3N3. The molecule has 0 unspecified atom stereocenters. The molecule has 2 aromatic heterocycles. The Kier molecular flexibility index (Phi) is 3.20. The summed E-state index contributed by atoms with van der Waals surface area (Å²) < 4.78 is 41.4. The van der Waals surface area contributed by atoms with Crippen LogP contribution in [0.2, 0.25) is 5.15 Å². The maximum atomic E-state index is 13.2. The Labute approximate surface area is 118 Å². The molecule has 3 heterocycles. The molecule has 20 heavy (non-hydrogen) atoms. The van der Waals surface area contributed by atoms with Gasteiger partial charge in [-0.05, 0) is 25.3 Å². The first-order valence-electron chi connectivity index (χ1n) is 6.24. The van der Waals surface area contributed by atoms with Gasteiger partial charge < -0.3 is 4.57 Å². The first-order valence-corrected chi connectivity index (χ1v) is 6.62. The Balaban J connectivity index is 2.24. The smallest absolute Gasteiger partial charge is 0.343 e. The third-order valence-electron chi connectivity index (χ3n) is 3.40. The molecule has 1 aliphatic rings. The van der Waals surface area contributed by atoms with Crippen LogP contribution in [0.3, 0.4) is 0 Å². The number of aryl methyl sites for hydroxylation is 1. The number of nitrogens with zero attached hydrogens (tertiary/aromatic N) is 3. The van der Waals surface area contributed by atoms with Gasteiger partial charge in [0, 0.05) is 12.2 Å². The summed E-state index contributed by atoms with van der Waals surface area (Å²) in [5.74, 6) is 0. The van der Waals surface area contributed by atoms with Gasteiger partial charge in [-0.15, -0.1) is 0 Å². The lowest BCUT2D eigenvalue weighted by Gasteiger charge is -2.18. The molecule has 2 aromatic rings. The van der Waals surface area contributed by atoms with Crippen molar-refractivity contribution in [1.29, 1.82) is 0 Å². The fourth-order valence-corrected chi connectivity index (χ4v) is 2.74. The highest BCUT2D eigenvalue weighted by molar-refractivity contribution is 6.29. The first kappa shape index (κ1) is 13.4. The molecule has 0 atom stereocenters. The van der Waals surface area contributed by atoms with Gasteiger partial charge in [0.15, 0.2) is 0 Å². The highest BCUT2D eigenvalue weighted by Gasteiger charge is 2.38. The lowest BCUT2D eigenvalue weighted by Crippen LogP contribution is -2.12. The van der Waals surface area contributed by atoms with Gasteiger partial charge in [-0.3, -0.25) is 4.98 Å². The largest absolute Gasteiger partial charge is 0.418 e. The van der Waals surface area contributed by atoms with Crippen LogP contribution in [-0.4, -0.2) is 14.5 Å². The van der Waals surface area contributed by atoms with E-state index in [4.69, 9.17) is 11.6 Å². The number of halogens is 4. The number of rotatable bonds is 1. The van der Waals surface area contributed by atoms with E-state index < -0.39 is 11.7 Å². The molecule has 3 nitrogen and oxygen atoms in total. The summed E-state index contributed by atoms with van der Waals surface area (Å²) in [7, 11) is 0. The predicted molar refractivity (Wildman–Crippen MR) is 68.4 cm³/mol. The van der Waals surface area contributed by atoms with E-state index in [0.717, 1.165) is 12.8 Å². The van der Waals surface area contributed by atoms with Gasteiger partial charge in [0.2, 0.25) is 0 Å². The molecule has 106 valence electrons. The third kappa shape index (κ3) is 2.28. The van der Waals surface area contributed by atoms with E-state index in [1.807, 2.05) is 0 Å². The third-order valence-corrected chi connectivity index (χ3v) is 3.58. The van der Waals surface area contributed by atoms with Gasteiger partial charge in [-0.25, -0.2) is 4.98 Å². The number of aromatic nitrogens is 3. The highest BCUT2D eigenvalue weighted by Crippen LogP contribution is 2.40. The quantitative estimate of drug-likeness (QED) is 0.798. The van der Waals surface area contributed by atoms with E-state index >= 15 is 0 Å². The van der Waals surface area contributed by atoms with Gasteiger partial charge in [-0.1, -0.05) is 11.6 Å². The highest BCUT2D eigenvalue weighted by atomic mass is 35.5. The van der Waals surface area contributed by atoms with Crippen LogP contribution in [0.1, 0.15) is 24.1 Å². The molecule has 7 heteroatoms. The Morgan fingerprint density at radius 1 is 1.20 bits per heavy atom. The van der Waals surface area contributed by atoms with Crippen molar-refractivity contribution in [3.8, 4) is 11.4 Å². The normalized spacial score (nSPS) is 15.2. The van der Waals surface area contributed by atoms with E-state index in [-0.39, 0.29) is 16.5 Å². The van der Waals surface area contributed by atoms with E-state index in [1.54, 1.807) is 4.57 Å². The Morgan fingerprint density at radius 2 is 2.00 bits per heavy atom. The summed E-state index contributed by atoms with van der Waals surface area (Å²) in [6.45, 7) is 0.564. The number of hydrogen-bond acceptors (Lipinski definition) is 2. The Hall–Kier alpha value is -1.56. The molecule has 0 saturated heterocycles. The zero-order valence-electron chi connectivity index (χ0n) is 10.4. The second-order valence-corrected chi connectivity index (χ2v) is 5.12. The standard InChI is InChI=1S/C13H11ClF3N3/c14-11-7-18-6-10(19-11)12-9(13(15,16)17)5-8-3-1-2-4-20(8)12/h5-7H,1-4H2. The minimum atomic E-state index is -4.41. The lowest BCUT2D eigenvalue weighted by atomic mass is 10.1. The maximum absolute atomic E-state index is 13.2. The zero-order chi connectivity index (χ0) is 14.3. The fourth-order valence-electron chi connectivity index (χ4n) is 2.59. The number of hydrogen-bond donors (Lipinski definition) is 0. The average molecular weight is 302 g/mol. The van der Waals surface area contributed by atoms with Crippen LogP contribution in [0, 0.1) is 0 Å². The van der Waals surface area contributed by atoms with Crippen molar-refractivity contribution >= 4 is 11.6 Å². The van der Waals surface area contributed by atoms with Crippen LogP contribution >= 0.6 is 11.6 Å². The summed E-state index contributed by atoms with van der Waals surface area (Å²) in [6.07, 6.45) is 0.624. The van der Waals surface area contributed by atoms with E-state index in [9.17, 15) is 13.2 Å². The maximum Gasteiger partial charge on any atom is 0.418 e. The van der Waals surface area contributed by atoms with Gasteiger partial charge in [-0.2, -0.15) is 13.2 Å². The molecule has 0 aromatic carbocycles. The molecular weight excluding hydrogens is 291 g/mol. The van der Waals surface area contributed by atoms with Crippen LogP contribution < -0.4 is 0 Å². The molecule has 0 amide bonds. The lowest BCUT2D eigenvalue weighted by molar-refractivity contribution is -0.137. The number of alkyl halides is 3. The first-order chi connectivity index (χ1) is 9.47. The van der Waals surface area contributed by atoms with Gasteiger partial charge in [0.05, 0.1) is 23.7 Å². The minimum Gasteiger partial charge on any atom is -0.343 e. The van der Waals surface area contributed by atoms with Crippen molar-refractivity contribution in [1.82, 2.24) is 14.5 Å². The van der Waals surface area contributed by atoms with E-state index in [0.29, 0.717) is 18.7 Å². The topological polar surface area (TPSA) is 30.7 Å². The van der Waals surface area contributed by atoms with Crippen LogP contribution in [0.4, 0.5) is 13.2 Å². The fraction of sp³-hybridized carbons (Fsp3) is 0.385. The molecule has 3 rings (SSSR count). The molecule has 1 aliphatic heterocycles. The molecule has 0 N–H and O–H groups in total. The van der Waals surface area contributed by atoms with Crippen molar-refractivity contribution in [2.75, 3.05) is 0 Å². The summed E-state index contributed by atoms with van der Waals surface area (Å²) in [5, 5.41) is 0.0852. The molecule has 0 radical (unpaired) electrons. The number of fused-ring (bicyclic) bond motifs is 1. The molecule has 0 spiro atoms. The van der Waals surface area contributed by atoms with E-state index in [1.165, 1.54) is 18.5 Å². The Morgan fingerprint density at radius 3 is 2.70 bits per heavy atom. The second-order valence-electron chi connectivity index (χ2n) is 4.73. The van der Waals surface area contributed by atoms with Crippen LogP contribution in [0.5, 0.6) is 0 Å². The van der Waals surface area contributed by atoms with Crippen molar-refractivity contribution in [2.45, 2.75) is 32.0 Å². The van der Waals surface area contributed by atoms with Crippen LogP contribution in [-0.2, 0) is 19.1 Å². The van der Waals surface area contributed by atoms with E-state index in [2.05, 4.69) is 9.97 Å². The van der Waals surface area contributed by atoms with Gasteiger partial charge in [0.1, 0.15) is 10.8 Å². The second kappa shape index (κ2) is 4.77. The predicted octanol–water partition coefficient (Wildman–Crippen LogP) is 3.95. The molecule has 0 fully saturated rings. The van der Waals surface area contributed by atoms with Gasteiger partial charge in [0.25, 0.3) is 0 Å². The minimum absolute atomic E-state index is 0.0715. The summed E-state index contributed by atoms with van der Waals surface area (Å²) in [4.78, 5) is 7.82.